The molecule has 26 heavy (non-hydrogen) atoms. The van der Waals surface area contributed by atoms with Gasteiger partial charge in [0.1, 0.15) is 0 Å². The van der Waals surface area contributed by atoms with Crippen LogP contribution in [0.2, 0.25) is 0 Å². The summed E-state index contributed by atoms with van der Waals surface area (Å²) >= 11 is 1.78. The molecule has 4 rings (SSSR count). The number of benzene rings is 1. The van der Waals surface area contributed by atoms with E-state index in [0.717, 1.165) is 49.7 Å². The normalized spacial score (nSPS) is 19.5. The van der Waals surface area contributed by atoms with E-state index in [9.17, 15) is 4.79 Å². The molecule has 1 aliphatic heterocycles. The lowest BCUT2D eigenvalue weighted by atomic mass is 9.88. The fraction of sp³-hybridized carbons (Fsp3) is 0.619. The first kappa shape index (κ1) is 17.8. The lowest BCUT2D eigenvalue weighted by Crippen LogP contribution is -2.50. The van der Waals surface area contributed by atoms with Crippen molar-refractivity contribution in [2.24, 2.45) is 5.92 Å². The van der Waals surface area contributed by atoms with E-state index in [1.165, 1.54) is 29.5 Å². The van der Waals surface area contributed by atoms with Crippen molar-refractivity contribution in [2.75, 3.05) is 31.1 Å². The molecule has 5 heteroatoms. The van der Waals surface area contributed by atoms with Crippen LogP contribution in [0.1, 0.15) is 57.4 Å². The molecule has 2 fully saturated rings. The SMILES string of the molecule is CC(C)c1cccc2sc(N3CCN(C(=O)C4CCCCC4)CC3)nc12. The first-order valence-corrected chi connectivity index (χ1v) is 10.9. The monoisotopic (exact) mass is 371 g/mol. The minimum absolute atomic E-state index is 0.284. The van der Waals surface area contributed by atoms with Crippen molar-refractivity contribution < 1.29 is 4.79 Å². The molecule has 2 aliphatic rings. The van der Waals surface area contributed by atoms with Gasteiger partial charge in [0.25, 0.3) is 0 Å². The number of carbonyl (C=O) groups excluding carboxylic acids is 1. The molecular formula is C21H29N3OS. The van der Waals surface area contributed by atoms with Crippen molar-refractivity contribution >= 4 is 32.6 Å². The summed E-state index contributed by atoms with van der Waals surface area (Å²) in [6.45, 7) is 7.92. The Labute approximate surface area is 160 Å². The van der Waals surface area contributed by atoms with Crippen LogP contribution in [0.4, 0.5) is 5.13 Å². The molecular weight excluding hydrogens is 342 g/mol. The molecule has 1 aromatic heterocycles. The van der Waals surface area contributed by atoms with E-state index in [1.54, 1.807) is 11.3 Å². The third-order valence-electron chi connectivity index (χ3n) is 5.88. The maximum atomic E-state index is 12.8. The summed E-state index contributed by atoms with van der Waals surface area (Å²) in [6, 6.07) is 6.50. The van der Waals surface area contributed by atoms with Gasteiger partial charge in [-0.2, -0.15) is 0 Å². The Balaban J connectivity index is 1.44. The van der Waals surface area contributed by atoms with Gasteiger partial charge in [0.15, 0.2) is 5.13 Å². The van der Waals surface area contributed by atoms with Gasteiger partial charge in [0.05, 0.1) is 10.2 Å². The summed E-state index contributed by atoms with van der Waals surface area (Å²) in [7, 11) is 0. The van der Waals surface area contributed by atoms with Gasteiger partial charge in [-0.1, -0.05) is 56.6 Å². The van der Waals surface area contributed by atoms with Crippen molar-refractivity contribution in [1.29, 1.82) is 0 Å². The van der Waals surface area contributed by atoms with Crippen molar-refractivity contribution in [3.05, 3.63) is 23.8 Å². The number of fused-ring (bicyclic) bond motifs is 1. The minimum Gasteiger partial charge on any atom is -0.345 e. The molecule has 0 spiro atoms. The number of aromatic nitrogens is 1. The predicted octanol–water partition coefficient (Wildman–Crippen LogP) is 4.65. The van der Waals surface area contributed by atoms with E-state index in [1.807, 2.05) is 0 Å². The topological polar surface area (TPSA) is 36.4 Å². The van der Waals surface area contributed by atoms with Gasteiger partial charge in [-0.3, -0.25) is 4.79 Å². The van der Waals surface area contributed by atoms with Crippen molar-refractivity contribution in [3.8, 4) is 0 Å². The van der Waals surface area contributed by atoms with Crippen LogP contribution in [0.25, 0.3) is 10.2 Å². The number of rotatable bonds is 3. The van der Waals surface area contributed by atoms with Gasteiger partial charge in [-0.15, -0.1) is 0 Å². The highest BCUT2D eigenvalue weighted by Gasteiger charge is 2.29. The van der Waals surface area contributed by atoms with Crippen LogP contribution in [-0.2, 0) is 4.79 Å². The van der Waals surface area contributed by atoms with Crippen LogP contribution < -0.4 is 4.90 Å². The van der Waals surface area contributed by atoms with Gasteiger partial charge < -0.3 is 9.80 Å². The first-order valence-electron chi connectivity index (χ1n) is 10.1. The summed E-state index contributed by atoms with van der Waals surface area (Å²) in [6.07, 6.45) is 5.93. The Bertz CT molecular complexity index is 771. The molecule has 2 aromatic rings. The number of carbonyl (C=O) groups is 1. The zero-order valence-electron chi connectivity index (χ0n) is 15.9. The van der Waals surface area contributed by atoms with Crippen LogP contribution in [0, 0.1) is 5.92 Å². The van der Waals surface area contributed by atoms with Crippen molar-refractivity contribution in [2.45, 2.75) is 51.9 Å². The lowest BCUT2D eigenvalue weighted by Gasteiger charge is -2.37. The van der Waals surface area contributed by atoms with E-state index in [4.69, 9.17) is 4.98 Å². The smallest absolute Gasteiger partial charge is 0.225 e. The maximum Gasteiger partial charge on any atom is 0.225 e. The second-order valence-electron chi connectivity index (χ2n) is 7.99. The van der Waals surface area contributed by atoms with E-state index < -0.39 is 0 Å². The third kappa shape index (κ3) is 3.46. The number of para-hydroxylation sites is 1. The molecule has 1 saturated carbocycles. The molecule has 0 bridgehead atoms. The van der Waals surface area contributed by atoms with E-state index in [0.29, 0.717) is 11.8 Å². The van der Waals surface area contributed by atoms with E-state index in [-0.39, 0.29) is 5.92 Å². The third-order valence-corrected chi connectivity index (χ3v) is 6.96. The first-order chi connectivity index (χ1) is 12.6. The Morgan fingerprint density at radius 3 is 2.54 bits per heavy atom. The average Bonchev–Trinajstić information content (AvgIpc) is 3.12. The summed E-state index contributed by atoms with van der Waals surface area (Å²) in [5.74, 6) is 1.17. The molecule has 0 N–H and O–H groups in total. The molecule has 140 valence electrons. The Hall–Kier alpha value is -1.62. The molecule has 1 aliphatic carbocycles. The molecule has 0 unspecified atom stereocenters. The van der Waals surface area contributed by atoms with Crippen molar-refractivity contribution in [3.63, 3.8) is 0 Å². The van der Waals surface area contributed by atoms with Crippen molar-refractivity contribution in [1.82, 2.24) is 9.88 Å². The quantitative estimate of drug-likeness (QED) is 0.788. The highest BCUT2D eigenvalue weighted by molar-refractivity contribution is 7.22. The average molecular weight is 372 g/mol. The Kier molecular flexibility index (Phi) is 5.16. The molecule has 1 aromatic carbocycles. The molecule has 2 heterocycles. The van der Waals surface area contributed by atoms with Crippen LogP contribution in [0.15, 0.2) is 18.2 Å². The summed E-state index contributed by atoms with van der Waals surface area (Å²) in [4.78, 5) is 22.2. The molecule has 0 radical (unpaired) electrons. The largest absolute Gasteiger partial charge is 0.345 e. The number of thiazole rings is 1. The van der Waals surface area contributed by atoms with Gasteiger partial charge in [0.2, 0.25) is 5.91 Å². The molecule has 0 atom stereocenters. The Morgan fingerprint density at radius 1 is 1.12 bits per heavy atom. The number of piperazine rings is 1. The number of anilines is 1. The number of hydrogen-bond donors (Lipinski definition) is 0. The predicted molar refractivity (Wildman–Crippen MR) is 109 cm³/mol. The van der Waals surface area contributed by atoms with Crippen LogP contribution in [0.3, 0.4) is 0 Å². The second-order valence-corrected chi connectivity index (χ2v) is 9.00. The zero-order valence-corrected chi connectivity index (χ0v) is 16.7. The Morgan fingerprint density at radius 2 is 1.85 bits per heavy atom. The summed E-state index contributed by atoms with van der Waals surface area (Å²) in [5, 5.41) is 1.11. The minimum atomic E-state index is 0.284. The fourth-order valence-corrected chi connectivity index (χ4v) is 5.34. The standard InChI is InChI=1S/C21H29N3OS/c1-15(2)17-9-6-10-18-19(17)22-21(26-18)24-13-11-23(12-14-24)20(25)16-7-4-3-5-8-16/h6,9-10,15-16H,3-5,7-8,11-14H2,1-2H3. The number of nitrogens with zero attached hydrogens (tertiary/aromatic N) is 3. The van der Waals surface area contributed by atoms with Gasteiger partial charge in [0, 0.05) is 32.1 Å². The number of amides is 1. The van der Waals surface area contributed by atoms with Gasteiger partial charge >= 0.3 is 0 Å². The van der Waals surface area contributed by atoms with Gasteiger partial charge in [-0.25, -0.2) is 4.98 Å². The fourth-order valence-electron chi connectivity index (χ4n) is 4.29. The highest BCUT2D eigenvalue weighted by atomic mass is 32.1. The lowest BCUT2D eigenvalue weighted by molar-refractivity contribution is -0.136. The molecule has 1 amide bonds. The van der Waals surface area contributed by atoms with Crippen LogP contribution >= 0.6 is 11.3 Å². The second kappa shape index (κ2) is 7.55. The summed E-state index contributed by atoms with van der Waals surface area (Å²) in [5.41, 5.74) is 2.49. The maximum absolute atomic E-state index is 12.8. The van der Waals surface area contributed by atoms with Gasteiger partial charge in [-0.05, 0) is 30.4 Å². The molecule has 4 nitrogen and oxygen atoms in total. The zero-order chi connectivity index (χ0) is 18.1. The van der Waals surface area contributed by atoms with Crippen LogP contribution in [0.5, 0.6) is 0 Å². The highest BCUT2D eigenvalue weighted by Crippen LogP contribution is 2.34. The number of hydrogen-bond acceptors (Lipinski definition) is 4. The van der Waals surface area contributed by atoms with E-state index >= 15 is 0 Å². The molecule has 1 saturated heterocycles. The van der Waals surface area contributed by atoms with Crippen LogP contribution in [-0.4, -0.2) is 42.0 Å². The summed E-state index contributed by atoms with van der Waals surface area (Å²) < 4.78 is 1.27. The van der Waals surface area contributed by atoms with E-state index in [2.05, 4.69) is 41.8 Å².